The SMILES string of the molecule is CCN(C(=O)CN(C1CC1)C(C)C1CC1)C(C)c1ccc(F)cc1. The van der Waals surface area contributed by atoms with E-state index < -0.39 is 0 Å². The van der Waals surface area contributed by atoms with Gasteiger partial charge in [0.2, 0.25) is 5.91 Å². The summed E-state index contributed by atoms with van der Waals surface area (Å²) in [7, 11) is 0. The molecule has 1 amide bonds. The second kappa shape index (κ2) is 7.22. The molecule has 0 radical (unpaired) electrons. The molecular weight excluding hydrogens is 303 g/mol. The molecule has 2 atom stereocenters. The normalized spacial score (nSPS) is 20.0. The van der Waals surface area contributed by atoms with Crippen molar-refractivity contribution in [2.24, 2.45) is 5.92 Å². The number of nitrogens with zero attached hydrogens (tertiary/aromatic N) is 2. The van der Waals surface area contributed by atoms with Crippen molar-refractivity contribution in [3.63, 3.8) is 0 Å². The van der Waals surface area contributed by atoms with Crippen LogP contribution in [0.4, 0.5) is 4.39 Å². The monoisotopic (exact) mass is 332 g/mol. The van der Waals surface area contributed by atoms with Crippen molar-refractivity contribution in [1.29, 1.82) is 0 Å². The van der Waals surface area contributed by atoms with Crippen LogP contribution in [0.3, 0.4) is 0 Å². The highest BCUT2D eigenvalue weighted by Gasteiger charge is 2.40. The fraction of sp³-hybridized carbons (Fsp3) is 0.650. The number of amides is 1. The Morgan fingerprint density at radius 2 is 1.79 bits per heavy atom. The van der Waals surface area contributed by atoms with Gasteiger partial charge in [0.25, 0.3) is 0 Å². The van der Waals surface area contributed by atoms with Gasteiger partial charge >= 0.3 is 0 Å². The van der Waals surface area contributed by atoms with Crippen molar-refractivity contribution in [3.8, 4) is 0 Å². The standard InChI is InChI=1S/C20H29FN2O/c1-4-22(14(2)17-7-9-18(21)10-8-17)20(24)13-23(19-11-12-19)15(3)16-5-6-16/h7-10,14-16,19H,4-6,11-13H2,1-3H3. The van der Waals surface area contributed by atoms with E-state index in [1.165, 1.54) is 37.8 Å². The molecule has 2 fully saturated rings. The first kappa shape index (κ1) is 17.4. The van der Waals surface area contributed by atoms with Gasteiger partial charge in [0.05, 0.1) is 12.6 Å². The van der Waals surface area contributed by atoms with E-state index in [0.29, 0.717) is 25.2 Å². The Labute approximate surface area is 144 Å². The van der Waals surface area contributed by atoms with Gasteiger partial charge in [0, 0.05) is 18.6 Å². The van der Waals surface area contributed by atoms with Crippen molar-refractivity contribution in [2.75, 3.05) is 13.1 Å². The number of hydrogen-bond acceptors (Lipinski definition) is 2. The van der Waals surface area contributed by atoms with Gasteiger partial charge in [0.15, 0.2) is 0 Å². The number of benzene rings is 1. The van der Waals surface area contributed by atoms with Crippen LogP contribution in [0.1, 0.15) is 58.1 Å². The Morgan fingerprint density at radius 3 is 2.29 bits per heavy atom. The minimum atomic E-state index is -0.238. The maximum Gasteiger partial charge on any atom is 0.237 e. The molecule has 1 aromatic rings. The van der Waals surface area contributed by atoms with Crippen molar-refractivity contribution in [3.05, 3.63) is 35.6 Å². The second-order valence-electron chi connectivity index (χ2n) is 7.39. The van der Waals surface area contributed by atoms with Crippen LogP contribution >= 0.6 is 0 Å². The Morgan fingerprint density at radius 1 is 1.17 bits per heavy atom. The van der Waals surface area contributed by atoms with Gasteiger partial charge in [-0.05, 0) is 70.1 Å². The summed E-state index contributed by atoms with van der Waals surface area (Å²) in [5.74, 6) is 0.732. The Balaban J connectivity index is 1.67. The van der Waals surface area contributed by atoms with Crippen molar-refractivity contribution in [1.82, 2.24) is 9.80 Å². The third kappa shape index (κ3) is 3.97. The first-order valence-corrected chi connectivity index (χ1v) is 9.32. The summed E-state index contributed by atoms with van der Waals surface area (Å²) in [4.78, 5) is 17.3. The van der Waals surface area contributed by atoms with E-state index in [1.807, 2.05) is 18.7 Å². The summed E-state index contributed by atoms with van der Waals surface area (Å²) >= 11 is 0. The van der Waals surface area contributed by atoms with Gasteiger partial charge in [-0.3, -0.25) is 9.69 Å². The maximum atomic E-state index is 13.1. The predicted molar refractivity (Wildman–Crippen MR) is 94.1 cm³/mol. The molecule has 3 nitrogen and oxygen atoms in total. The fourth-order valence-corrected chi connectivity index (χ4v) is 3.70. The molecule has 0 aromatic heterocycles. The van der Waals surface area contributed by atoms with Crippen LogP contribution < -0.4 is 0 Å². The van der Waals surface area contributed by atoms with Crippen LogP contribution in [0, 0.1) is 11.7 Å². The number of halogens is 1. The van der Waals surface area contributed by atoms with Gasteiger partial charge in [-0.2, -0.15) is 0 Å². The number of carbonyl (C=O) groups is 1. The van der Waals surface area contributed by atoms with Crippen molar-refractivity contribution >= 4 is 5.91 Å². The quantitative estimate of drug-likeness (QED) is 0.718. The summed E-state index contributed by atoms with van der Waals surface area (Å²) in [5, 5.41) is 0. The van der Waals surface area contributed by atoms with Crippen LogP contribution in [0.5, 0.6) is 0 Å². The predicted octanol–water partition coefficient (Wildman–Crippen LogP) is 4.00. The van der Waals surface area contributed by atoms with E-state index in [1.54, 1.807) is 12.1 Å². The van der Waals surface area contributed by atoms with E-state index in [2.05, 4.69) is 11.8 Å². The number of likely N-dealkylation sites (N-methyl/N-ethyl adjacent to an activating group) is 1. The first-order valence-electron chi connectivity index (χ1n) is 9.32. The zero-order valence-electron chi connectivity index (χ0n) is 15.0. The molecule has 0 heterocycles. The Hall–Kier alpha value is -1.42. The molecule has 0 spiro atoms. The smallest absolute Gasteiger partial charge is 0.237 e. The van der Waals surface area contributed by atoms with Gasteiger partial charge in [-0.15, -0.1) is 0 Å². The summed E-state index contributed by atoms with van der Waals surface area (Å²) in [5.41, 5.74) is 0.986. The van der Waals surface area contributed by atoms with E-state index in [4.69, 9.17) is 0 Å². The van der Waals surface area contributed by atoms with Gasteiger partial charge in [-0.1, -0.05) is 12.1 Å². The van der Waals surface area contributed by atoms with Crippen LogP contribution in [0.2, 0.25) is 0 Å². The highest BCUT2D eigenvalue weighted by Crippen LogP contribution is 2.39. The molecule has 2 aliphatic rings. The van der Waals surface area contributed by atoms with E-state index in [9.17, 15) is 9.18 Å². The molecule has 1 aromatic carbocycles. The van der Waals surface area contributed by atoms with Crippen LogP contribution in [-0.2, 0) is 4.79 Å². The molecule has 4 heteroatoms. The van der Waals surface area contributed by atoms with Crippen LogP contribution in [0.15, 0.2) is 24.3 Å². The molecule has 2 aliphatic carbocycles. The van der Waals surface area contributed by atoms with Crippen molar-refractivity contribution in [2.45, 2.75) is 64.6 Å². The molecule has 132 valence electrons. The zero-order valence-corrected chi connectivity index (χ0v) is 15.0. The highest BCUT2D eigenvalue weighted by molar-refractivity contribution is 5.79. The van der Waals surface area contributed by atoms with E-state index >= 15 is 0 Å². The molecular formula is C20H29FN2O. The highest BCUT2D eigenvalue weighted by atomic mass is 19.1. The fourth-order valence-electron chi connectivity index (χ4n) is 3.70. The van der Waals surface area contributed by atoms with Crippen molar-refractivity contribution < 1.29 is 9.18 Å². The Kier molecular flexibility index (Phi) is 5.24. The minimum Gasteiger partial charge on any atom is -0.335 e. The number of carbonyl (C=O) groups excluding carboxylic acids is 1. The van der Waals surface area contributed by atoms with Crippen LogP contribution in [0.25, 0.3) is 0 Å². The summed E-state index contributed by atoms with van der Waals surface area (Å²) < 4.78 is 13.1. The minimum absolute atomic E-state index is 0.0274. The number of hydrogen-bond donors (Lipinski definition) is 0. The lowest BCUT2D eigenvalue weighted by Crippen LogP contribution is -2.46. The molecule has 2 unspecified atom stereocenters. The molecule has 0 N–H and O–H groups in total. The van der Waals surface area contributed by atoms with Crippen LogP contribution in [-0.4, -0.2) is 40.9 Å². The summed E-state index contributed by atoms with van der Waals surface area (Å²) in [6.07, 6.45) is 5.07. The molecule has 24 heavy (non-hydrogen) atoms. The first-order chi connectivity index (χ1) is 11.5. The topological polar surface area (TPSA) is 23.6 Å². The lowest BCUT2D eigenvalue weighted by molar-refractivity contribution is -0.135. The third-order valence-corrected chi connectivity index (χ3v) is 5.64. The average molecular weight is 332 g/mol. The second-order valence-corrected chi connectivity index (χ2v) is 7.39. The maximum absolute atomic E-state index is 13.1. The lowest BCUT2D eigenvalue weighted by Gasteiger charge is -2.34. The zero-order chi connectivity index (χ0) is 17.3. The van der Waals surface area contributed by atoms with Gasteiger partial charge in [0.1, 0.15) is 5.82 Å². The molecule has 3 rings (SSSR count). The van der Waals surface area contributed by atoms with Gasteiger partial charge in [-0.25, -0.2) is 4.39 Å². The molecule has 0 bridgehead atoms. The average Bonchev–Trinajstić information content (AvgIpc) is 3.46. The van der Waals surface area contributed by atoms with E-state index in [-0.39, 0.29) is 17.8 Å². The molecule has 0 aliphatic heterocycles. The third-order valence-electron chi connectivity index (χ3n) is 5.64. The lowest BCUT2D eigenvalue weighted by atomic mass is 10.1. The molecule has 2 saturated carbocycles. The number of rotatable bonds is 8. The molecule has 0 saturated heterocycles. The largest absolute Gasteiger partial charge is 0.335 e. The summed E-state index contributed by atoms with van der Waals surface area (Å²) in [6, 6.07) is 7.58. The van der Waals surface area contributed by atoms with Gasteiger partial charge < -0.3 is 4.90 Å². The van der Waals surface area contributed by atoms with E-state index in [0.717, 1.165) is 11.5 Å². The Bertz CT molecular complexity index is 566. The summed E-state index contributed by atoms with van der Waals surface area (Å²) in [6.45, 7) is 7.52.